The number of thioether (sulfide) groups is 1. The van der Waals surface area contributed by atoms with E-state index >= 15 is 0 Å². The first-order valence-electron chi connectivity index (χ1n) is 10.8. The quantitative estimate of drug-likeness (QED) is 0.273. The van der Waals surface area contributed by atoms with Gasteiger partial charge in [0, 0.05) is 17.0 Å². The second-order valence-corrected chi connectivity index (χ2v) is 9.16. The van der Waals surface area contributed by atoms with E-state index in [0.29, 0.717) is 12.1 Å². The number of benzene rings is 3. The zero-order valence-electron chi connectivity index (χ0n) is 18.6. The number of carboxylic acids is 1. The number of rotatable bonds is 10. The fourth-order valence-corrected chi connectivity index (χ4v) is 4.36. The summed E-state index contributed by atoms with van der Waals surface area (Å²) in [6.45, 7) is 2.04. The molecule has 0 heterocycles. The van der Waals surface area contributed by atoms with Gasteiger partial charge in [-0.1, -0.05) is 55.3 Å². The molecule has 34 heavy (non-hydrogen) atoms. The fraction of sp³-hybridized carbons (Fsp3) is 0.192. The number of hydrogen-bond donors (Lipinski definition) is 3. The Kier molecular flexibility index (Phi) is 9.13. The van der Waals surface area contributed by atoms with Gasteiger partial charge >= 0.3 is 5.97 Å². The smallest absolute Gasteiger partial charge is 0.335 e. The van der Waals surface area contributed by atoms with Gasteiger partial charge in [-0.15, -0.1) is 11.8 Å². The number of anilines is 2. The van der Waals surface area contributed by atoms with Crippen LogP contribution in [0.5, 0.6) is 0 Å². The Morgan fingerprint density at radius 2 is 1.68 bits per heavy atom. The molecule has 6 nitrogen and oxygen atoms in total. The topological polar surface area (TPSA) is 95.5 Å². The van der Waals surface area contributed by atoms with E-state index < -0.39 is 11.2 Å². The SMILES string of the molecule is CCCCC(=O)Nc1ccc(SC(C(=O)Nc2cc(C(=O)O)ccc2Cl)c2ccccc2)cc1. The molecular weight excluding hydrogens is 472 g/mol. The van der Waals surface area contributed by atoms with Gasteiger partial charge in [0.05, 0.1) is 16.3 Å². The van der Waals surface area contributed by atoms with Crippen molar-refractivity contribution in [3.8, 4) is 0 Å². The van der Waals surface area contributed by atoms with E-state index in [2.05, 4.69) is 10.6 Å². The van der Waals surface area contributed by atoms with Gasteiger partial charge in [-0.25, -0.2) is 4.79 Å². The fourth-order valence-electron chi connectivity index (χ4n) is 3.17. The van der Waals surface area contributed by atoms with Crippen molar-refractivity contribution >= 4 is 52.5 Å². The predicted octanol–water partition coefficient (Wildman–Crippen LogP) is 6.64. The molecule has 1 atom stereocenters. The summed E-state index contributed by atoms with van der Waals surface area (Å²) in [6, 6.07) is 20.8. The van der Waals surface area contributed by atoms with E-state index in [-0.39, 0.29) is 28.1 Å². The van der Waals surface area contributed by atoms with Crippen molar-refractivity contribution in [2.24, 2.45) is 0 Å². The number of carboxylic acid groups (broad SMARTS) is 1. The van der Waals surface area contributed by atoms with Gasteiger partial charge in [-0.2, -0.15) is 0 Å². The van der Waals surface area contributed by atoms with E-state index in [1.54, 1.807) is 12.1 Å². The molecule has 0 radical (unpaired) electrons. The minimum absolute atomic E-state index is 0.0238. The molecule has 2 amide bonds. The summed E-state index contributed by atoms with van der Waals surface area (Å²) >= 11 is 7.54. The van der Waals surface area contributed by atoms with E-state index in [9.17, 15) is 19.5 Å². The number of hydrogen-bond acceptors (Lipinski definition) is 4. The molecule has 0 aromatic heterocycles. The van der Waals surface area contributed by atoms with Gasteiger partial charge in [0.2, 0.25) is 11.8 Å². The predicted molar refractivity (Wildman–Crippen MR) is 137 cm³/mol. The first-order chi connectivity index (χ1) is 16.4. The number of carbonyl (C=O) groups excluding carboxylic acids is 2. The van der Waals surface area contributed by atoms with Gasteiger partial charge in [-0.3, -0.25) is 9.59 Å². The Balaban J connectivity index is 1.78. The van der Waals surface area contributed by atoms with Crippen LogP contribution in [0, 0.1) is 0 Å². The van der Waals surface area contributed by atoms with E-state index in [1.165, 1.54) is 30.0 Å². The Bertz CT molecular complexity index is 1150. The van der Waals surface area contributed by atoms with Gasteiger partial charge in [0.15, 0.2) is 0 Å². The van der Waals surface area contributed by atoms with Gasteiger partial charge in [-0.05, 0) is 54.4 Å². The molecule has 0 fully saturated rings. The average molecular weight is 497 g/mol. The molecule has 0 aliphatic heterocycles. The molecule has 0 saturated carbocycles. The Hall–Kier alpha value is -3.29. The summed E-state index contributed by atoms with van der Waals surface area (Å²) in [5, 5.41) is 14.5. The number of nitrogens with one attached hydrogen (secondary N) is 2. The maximum Gasteiger partial charge on any atom is 0.335 e. The van der Waals surface area contributed by atoms with Crippen LogP contribution in [0.3, 0.4) is 0 Å². The van der Waals surface area contributed by atoms with E-state index in [1.807, 2.05) is 49.4 Å². The van der Waals surface area contributed by atoms with Crippen molar-refractivity contribution < 1.29 is 19.5 Å². The minimum Gasteiger partial charge on any atom is -0.478 e. The maximum atomic E-state index is 13.3. The second kappa shape index (κ2) is 12.3. The molecule has 1 unspecified atom stereocenters. The Morgan fingerprint density at radius 1 is 0.971 bits per heavy atom. The lowest BCUT2D eigenvalue weighted by Crippen LogP contribution is -2.19. The van der Waals surface area contributed by atoms with Crippen LogP contribution >= 0.6 is 23.4 Å². The van der Waals surface area contributed by atoms with Crippen LogP contribution < -0.4 is 10.6 Å². The average Bonchev–Trinajstić information content (AvgIpc) is 2.84. The van der Waals surface area contributed by atoms with Gasteiger partial charge in [0.1, 0.15) is 5.25 Å². The number of amides is 2. The van der Waals surface area contributed by atoms with Crippen LogP contribution in [0.25, 0.3) is 0 Å². The van der Waals surface area contributed by atoms with Crippen LogP contribution in [0.15, 0.2) is 77.7 Å². The third-order valence-electron chi connectivity index (χ3n) is 4.96. The van der Waals surface area contributed by atoms with Crippen molar-refractivity contribution in [2.45, 2.75) is 36.3 Å². The van der Waals surface area contributed by atoms with Crippen LogP contribution in [-0.2, 0) is 9.59 Å². The third kappa shape index (κ3) is 7.10. The Morgan fingerprint density at radius 3 is 2.32 bits per heavy atom. The largest absolute Gasteiger partial charge is 0.478 e. The normalized spacial score (nSPS) is 11.5. The lowest BCUT2D eigenvalue weighted by Gasteiger charge is -2.18. The highest BCUT2D eigenvalue weighted by Gasteiger charge is 2.23. The minimum atomic E-state index is -1.11. The number of halogens is 1. The molecule has 0 bridgehead atoms. The molecule has 0 spiro atoms. The molecule has 3 aromatic rings. The van der Waals surface area contributed by atoms with Crippen molar-refractivity contribution in [2.75, 3.05) is 10.6 Å². The van der Waals surface area contributed by atoms with E-state index in [0.717, 1.165) is 23.3 Å². The zero-order valence-corrected chi connectivity index (χ0v) is 20.2. The first-order valence-corrected chi connectivity index (χ1v) is 12.1. The molecule has 0 aliphatic carbocycles. The summed E-state index contributed by atoms with van der Waals surface area (Å²) < 4.78 is 0. The third-order valence-corrected chi connectivity index (χ3v) is 6.56. The van der Waals surface area contributed by atoms with Crippen LogP contribution in [0.2, 0.25) is 5.02 Å². The van der Waals surface area contributed by atoms with Crippen LogP contribution in [-0.4, -0.2) is 22.9 Å². The maximum absolute atomic E-state index is 13.3. The molecule has 0 aliphatic rings. The van der Waals surface area contributed by atoms with Crippen molar-refractivity contribution in [1.82, 2.24) is 0 Å². The molecule has 3 aromatic carbocycles. The first kappa shape index (κ1) is 25.3. The van der Waals surface area contributed by atoms with E-state index in [4.69, 9.17) is 11.6 Å². The lowest BCUT2D eigenvalue weighted by atomic mass is 10.1. The molecule has 8 heteroatoms. The van der Waals surface area contributed by atoms with Crippen molar-refractivity contribution in [3.63, 3.8) is 0 Å². The van der Waals surface area contributed by atoms with Crippen molar-refractivity contribution in [3.05, 3.63) is 88.9 Å². The van der Waals surface area contributed by atoms with Crippen LogP contribution in [0.4, 0.5) is 11.4 Å². The highest BCUT2D eigenvalue weighted by atomic mass is 35.5. The number of carbonyl (C=O) groups is 3. The van der Waals surface area contributed by atoms with Crippen LogP contribution in [0.1, 0.15) is 47.4 Å². The molecule has 0 saturated heterocycles. The molecule has 3 N–H and O–H groups in total. The van der Waals surface area contributed by atoms with Gasteiger partial charge < -0.3 is 15.7 Å². The standard InChI is InChI=1S/C26H25ClN2O4S/c1-2-3-9-23(30)28-19-11-13-20(14-12-19)34-24(17-7-5-4-6-8-17)25(31)29-22-16-18(26(32)33)10-15-21(22)27/h4-8,10-16,24H,2-3,9H2,1H3,(H,28,30)(H,29,31)(H,32,33). The molecule has 3 rings (SSSR count). The number of aromatic carboxylic acids is 1. The number of unbranched alkanes of at least 4 members (excludes halogenated alkanes) is 1. The monoisotopic (exact) mass is 496 g/mol. The lowest BCUT2D eigenvalue weighted by molar-refractivity contribution is -0.116. The summed E-state index contributed by atoms with van der Waals surface area (Å²) in [6.07, 6.45) is 2.28. The summed E-state index contributed by atoms with van der Waals surface area (Å²) in [5.41, 5.74) is 1.74. The Labute approximate surface area is 207 Å². The van der Waals surface area contributed by atoms with Gasteiger partial charge in [0.25, 0.3) is 0 Å². The summed E-state index contributed by atoms with van der Waals surface area (Å²) in [7, 11) is 0. The summed E-state index contributed by atoms with van der Waals surface area (Å²) in [4.78, 5) is 37.4. The highest BCUT2D eigenvalue weighted by molar-refractivity contribution is 8.00. The molecular formula is C26H25ClN2O4S. The molecule has 176 valence electrons. The van der Waals surface area contributed by atoms with Crippen molar-refractivity contribution in [1.29, 1.82) is 0 Å². The summed E-state index contributed by atoms with van der Waals surface area (Å²) in [5.74, 6) is -1.47. The highest BCUT2D eigenvalue weighted by Crippen LogP contribution is 2.37. The second-order valence-electron chi connectivity index (χ2n) is 7.57. The zero-order chi connectivity index (χ0) is 24.5.